The highest BCUT2D eigenvalue weighted by Crippen LogP contribution is 2.31. The van der Waals surface area contributed by atoms with Gasteiger partial charge in [0.1, 0.15) is 0 Å². The first-order chi connectivity index (χ1) is 17.3. The van der Waals surface area contributed by atoms with E-state index in [0.717, 1.165) is 34.4 Å². The monoisotopic (exact) mass is 498 g/mol. The van der Waals surface area contributed by atoms with Gasteiger partial charge in [0.05, 0.1) is 22.7 Å². The number of benzene rings is 4. The van der Waals surface area contributed by atoms with Crippen molar-refractivity contribution in [2.24, 2.45) is 0 Å². The summed E-state index contributed by atoms with van der Waals surface area (Å²) in [6.07, 6.45) is 0.765. The van der Waals surface area contributed by atoms with Crippen LogP contribution in [0, 0.1) is 13.8 Å². The molecule has 0 aliphatic carbocycles. The average molecular weight is 499 g/mol. The summed E-state index contributed by atoms with van der Waals surface area (Å²) in [5.74, 6) is -0.355. The van der Waals surface area contributed by atoms with Crippen molar-refractivity contribution < 1.29 is 13.2 Å². The highest BCUT2D eigenvalue weighted by molar-refractivity contribution is 7.92. The minimum Gasteiger partial charge on any atom is -0.321 e. The van der Waals surface area contributed by atoms with E-state index < -0.39 is 10.0 Å². The molecular weight excluding hydrogens is 468 g/mol. The molecule has 5 nitrogen and oxygen atoms in total. The summed E-state index contributed by atoms with van der Waals surface area (Å²) in [7, 11) is -3.97. The lowest BCUT2D eigenvalue weighted by molar-refractivity contribution is 0.102. The highest BCUT2D eigenvalue weighted by atomic mass is 32.2. The van der Waals surface area contributed by atoms with E-state index in [1.165, 1.54) is 4.31 Å². The lowest BCUT2D eigenvalue weighted by atomic mass is 10.0. The molecule has 0 unspecified atom stereocenters. The van der Waals surface area contributed by atoms with Gasteiger partial charge in [-0.05, 0) is 61.2 Å². The number of sulfonamides is 1. The van der Waals surface area contributed by atoms with E-state index in [1.54, 1.807) is 48.5 Å². The summed E-state index contributed by atoms with van der Waals surface area (Å²) in [5, 5.41) is 3.04. The van der Waals surface area contributed by atoms with Gasteiger partial charge < -0.3 is 5.32 Å². The van der Waals surface area contributed by atoms with Crippen LogP contribution in [-0.2, 0) is 23.0 Å². The summed E-state index contributed by atoms with van der Waals surface area (Å²) in [6.45, 7) is 5.98. The van der Waals surface area contributed by atoms with Crippen molar-refractivity contribution in [1.29, 1.82) is 0 Å². The molecule has 0 aromatic heterocycles. The third kappa shape index (κ3) is 5.34. The van der Waals surface area contributed by atoms with E-state index in [9.17, 15) is 13.2 Å². The Morgan fingerprint density at radius 1 is 0.806 bits per heavy atom. The maximum absolute atomic E-state index is 13.9. The van der Waals surface area contributed by atoms with Gasteiger partial charge in [0.25, 0.3) is 15.9 Å². The topological polar surface area (TPSA) is 66.5 Å². The maximum Gasteiger partial charge on any atom is 0.264 e. The molecule has 36 heavy (non-hydrogen) atoms. The molecule has 6 heteroatoms. The first kappa shape index (κ1) is 25.2. The zero-order valence-corrected chi connectivity index (χ0v) is 21.5. The van der Waals surface area contributed by atoms with Crippen LogP contribution in [0.1, 0.15) is 39.5 Å². The first-order valence-corrected chi connectivity index (χ1v) is 13.4. The van der Waals surface area contributed by atoms with Crippen LogP contribution in [0.25, 0.3) is 0 Å². The van der Waals surface area contributed by atoms with Crippen LogP contribution in [0.3, 0.4) is 0 Å². The van der Waals surface area contributed by atoms with E-state index in [0.29, 0.717) is 5.69 Å². The minimum absolute atomic E-state index is 0.0892. The average Bonchev–Trinajstić information content (AvgIpc) is 2.89. The van der Waals surface area contributed by atoms with Crippen molar-refractivity contribution in [2.45, 2.75) is 38.6 Å². The standard InChI is InChI=1S/C30H30N2O3S/c1-4-25-14-10-11-23(3)29(25)31-30(33)27-15-8-9-16-28(27)32(21-24-12-6-5-7-13-24)36(34,35)26-19-17-22(2)18-20-26/h5-20H,4,21H2,1-3H3,(H,31,33). The molecule has 4 aromatic carbocycles. The van der Waals surface area contributed by atoms with E-state index in [4.69, 9.17) is 0 Å². The third-order valence-electron chi connectivity index (χ3n) is 6.17. The van der Waals surface area contributed by atoms with Crippen LogP contribution in [0.2, 0.25) is 0 Å². The SMILES string of the molecule is CCc1cccc(C)c1NC(=O)c1ccccc1N(Cc1ccccc1)S(=O)(=O)c1ccc(C)cc1. The zero-order valence-electron chi connectivity index (χ0n) is 20.7. The van der Waals surface area contributed by atoms with Gasteiger partial charge in [-0.3, -0.25) is 9.10 Å². The highest BCUT2D eigenvalue weighted by Gasteiger charge is 2.29. The molecule has 1 amide bonds. The van der Waals surface area contributed by atoms with Crippen molar-refractivity contribution in [3.63, 3.8) is 0 Å². The largest absolute Gasteiger partial charge is 0.321 e. The Bertz CT molecular complexity index is 1460. The van der Waals surface area contributed by atoms with Gasteiger partial charge in [-0.15, -0.1) is 0 Å². The normalized spacial score (nSPS) is 11.2. The predicted octanol–water partition coefficient (Wildman–Crippen LogP) is 6.51. The van der Waals surface area contributed by atoms with Gasteiger partial charge in [0.15, 0.2) is 0 Å². The Balaban J connectivity index is 1.81. The number of hydrogen-bond donors (Lipinski definition) is 1. The molecule has 0 heterocycles. The number of nitrogens with zero attached hydrogens (tertiary/aromatic N) is 1. The van der Waals surface area contributed by atoms with E-state index in [-0.39, 0.29) is 22.9 Å². The first-order valence-electron chi connectivity index (χ1n) is 11.9. The fourth-order valence-electron chi connectivity index (χ4n) is 4.15. The molecule has 184 valence electrons. The number of carbonyl (C=O) groups is 1. The minimum atomic E-state index is -3.97. The number of anilines is 2. The van der Waals surface area contributed by atoms with Crippen LogP contribution in [0.15, 0.2) is 102 Å². The Morgan fingerprint density at radius 2 is 1.47 bits per heavy atom. The molecule has 0 atom stereocenters. The second-order valence-corrected chi connectivity index (χ2v) is 10.6. The van der Waals surface area contributed by atoms with E-state index >= 15 is 0 Å². The maximum atomic E-state index is 13.9. The number of nitrogens with one attached hydrogen (secondary N) is 1. The van der Waals surface area contributed by atoms with Crippen LogP contribution >= 0.6 is 0 Å². The number of para-hydroxylation sites is 2. The molecule has 0 aliphatic heterocycles. The van der Waals surface area contributed by atoms with E-state index in [1.807, 2.05) is 69.3 Å². The van der Waals surface area contributed by atoms with Gasteiger partial charge in [-0.2, -0.15) is 0 Å². The molecule has 0 bridgehead atoms. The fraction of sp³-hybridized carbons (Fsp3) is 0.167. The van der Waals surface area contributed by atoms with Gasteiger partial charge in [-0.25, -0.2) is 8.42 Å². The van der Waals surface area contributed by atoms with Crippen LogP contribution in [0.4, 0.5) is 11.4 Å². The number of hydrogen-bond acceptors (Lipinski definition) is 3. The molecule has 0 aliphatic rings. The Labute approximate surface area is 213 Å². The molecule has 1 N–H and O–H groups in total. The van der Waals surface area contributed by atoms with Crippen molar-refractivity contribution in [2.75, 3.05) is 9.62 Å². The molecule has 0 spiro atoms. The summed E-state index contributed by atoms with van der Waals surface area (Å²) in [6, 6.07) is 28.9. The molecule has 0 radical (unpaired) electrons. The smallest absolute Gasteiger partial charge is 0.264 e. The van der Waals surface area contributed by atoms with Crippen molar-refractivity contribution >= 4 is 27.3 Å². The van der Waals surface area contributed by atoms with Crippen LogP contribution < -0.4 is 9.62 Å². The summed E-state index contributed by atoms with van der Waals surface area (Å²) < 4.78 is 29.2. The second-order valence-electron chi connectivity index (χ2n) is 8.74. The van der Waals surface area contributed by atoms with Gasteiger partial charge in [0, 0.05) is 5.69 Å². The molecule has 4 rings (SSSR count). The van der Waals surface area contributed by atoms with E-state index in [2.05, 4.69) is 5.32 Å². The lowest BCUT2D eigenvalue weighted by Gasteiger charge is -2.27. The van der Waals surface area contributed by atoms with Crippen molar-refractivity contribution in [1.82, 2.24) is 0 Å². The summed E-state index contributed by atoms with van der Waals surface area (Å²) in [4.78, 5) is 13.8. The van der Waals surface area contributed by atoms with Crippen LogP contribution in [0.5, 0.6) is 0 Å². The summed E-state index contributed by atoms with van der Waals surface area (Å²) >= 11 is 0. The molecule has 4 aromatic rings. The molecule has 0 saturated heterocycles. The third-order valence-corrected chi connectivity index (χ3v) is 7.95. The zero-order chi connectivity index (χ0) is 25.7. The van der Waals surface area contributed by atoms with Gasteiger partial charge in [-0.1, -0.05) is 85.3 Å². The van der Waals surface area contributed by atoms with Crippen LogP contribution in [-0.4, -0.2) is 14.3 Å². The molecular formula is C30H30N2O3S. The quantitative estimate of drug-likeness (QED) is 0.301. The Hall–Kier alpha value is -3.90. The number of carbonyl (C=O) groups excluding carboxylic acids is 1. The van der Waals surface area contributed by atoms with Gasteiger partial charge >= 0.3 is 0 Å². The molecule has 0 saturated carbocycles. The lowest BCUT2D eigenvalue weighted by Crippen LogP contribution is -2.32. The van der Waals surface area contributed by atoms with Crippen molar-refractivity contribution in [3.8, 4) is 0 Å². The fourth-order valence-corrected chi connectivity index (χ4v) is 5.62. The Morgan fingerprint density at radius 3 is 2.17 bits per heavy atom. The number of rotatable bonds is 8. The number of amides is 1. The second kappa shape index (κ2) is 10.8. The summed E-state index contributed by atoms with van der Waals surface area (Å²) in [5.41, 5.74) is 5.13. The molecule has 0 fully saturated rings. The number of aryl methyl sites for hydroxylation is 3. The van der Waals surface area contributed by atoms with Gasteiger partial charge in [0.2, 0.25) is 0 Å². The van der Waals surface area contributed by atoms with Crippen molar-refractivity contribution in [3.05, 3.63) is 125 Å². The predicted molar refractivity (Wildman–Crippen MR) is 146 cm³/mol. The Kier molecular flexibility index (Phi) is 7.55.